The summed E-state index contributed by atoms with van der Waals surface area (Å²) >= 11 is 5.92. The van der Waals surface area contributed by atoms with Gasteiger partial charge in [0.1, 0.15) is 11.8 Å². The van der Waals surface area contributed by atoms with Crippen LogP contribution >= 0.6 is 11.6 Å². The van der Waals surface area contributed by atoms with Crippen LogP contribution in [0.4, 0.5) is 0 Å². The van der Waals surface area contributed by atoms with Crippen molar-refractivity contribution < 1.29 is 4.79 Å². The summed E-state index contributed by atoms with van der Waals surface area (Å²) in [5.41, 5.74) is 2.19. The first-order valence-corrected chi connectivity index (χ1v) is 8.38. The SMILES string of the molecule is N#Cc1c[nH]c(C(=O)N2CCCN(Cc3ccc(Cl)cc3)CC2)c1. The number of H-pyrrole nitrogens is 1. The zero-order valence-corrected chi connectivity index (χ0v) is 14.1. The summed E-state index contributed by atoms with van der Waals surface area (Å²) < 4.78 is 0. The fraction of sp³-hybridized carbons (Fsp3) is 0.333. The average Bonchev–Trinajstić information content (AvgIpc) is 2.96. The Hall–Kier alpha value is -2.29. The van der Waals surface area contributed by atoms with Crippen molar-refractivity contribution in [1.29, 1.82) is 5.26 Å². The first kappa shape index (κ1) is 16.6. The van der Waals surface area contributed by atoms with Crippen molar-refractivity contribution in [3.63, 3.8) is 0 Å². The summed E-state index contributed by atoms with van der Waals surface area (Å²) in [5, 5.41) is 9.61. The van der Waals surface area contributed by atoms with Gasteiger partial charge in [0.15, 0.2) is 0 Å². The Labute approximate surface area is 146 Å². The highest BCUT2D eigenvalue weighted by Crippen LogP contribution is 2.14. The summed E-state index contributed by atoms with van der Waals surface area (Å²) in [6, 6.07) is 11.5. The first-order valence-electron chi connectivity index (χ1n) is 8.00. The van der Waals surface area contributed by atoms with Crippen LogP contribution in [0.15, 0.2) is 36.5 Å². The van der Waals surface area contributed by atoms with Crippen LogP contribution in [-0.4, -0.2) is 46.9 Å². The molecule has 124 valence electrons. The fourth-order valence-corrected chi connectivity index (χ4v) is 3.06. The Balaban J connectivity index is 1.59. The number of hydrogen-bond acceptors (Lipinski definition) is 3. The molecule has 24 heavy (non-hydrogen) atoms. The molecule has 6 heteroatoms. The van der Waals surface area contributed by atoms with E-state index in [1.807, 2.05) is 35.2 Å². The van der Waals surface area contributed by atoms with Gasteiger partial charge in [-0.1, -0.05) is 23.7 Å². The largest absolute Gasteiger partial charge is 0.356 e. The lowest BCUT2D eigenvalue weighted by Gasteiger charge is -2.21. The molecule has 2 heterocycles. The number of nitriles is 1. The summed E-state index contributed by atoms with van der Waals surface area (Å²) in [5.74, 6) is -0.0372. The molecule has 0 aliphatic carbocycles. The Morgan fingerprint density at radius 1 is 1.21 bits per heavy atom. The third kappa shape index (κ3) is 3.97. The van der Waals surface area contributed by atoms with Gasteiger partial charge in [0, 0.05) is 43.9 Å². The van der Waals surface area contributed by atoms with Gasteiger partial charge in [0.25, 0.3) is 5.91 Å². The quantitative estimate of drug-likeness (QED) is 0.932. The van der Waals surface area contributed by atoms with Gasteiger partial charge in [-0.05, 0) is 30.2 Å². The van der Waals surface area contributed by atoms with Crippen molar-refractivity contribution in [3.8, 4) is 6.07 Å². The average molecular weight is 343 g/mol. The number of carbonyl (C=O) groups excluding carboxylic acids is 1. The van der Waals surface area contributed by atoms with Crippen molar-refractivity contribution in [2.75, 3.05) is 26.2 Å². The predicted octanol–water partition coefficient (Wildman–Crippen LogP) is 2.89. The number of nitrogens with zero attached hydrogens (tertiary/aromatic N) is 3. The van der Waals surface area contributed by atoms with Crippen LogP contribution in [0.25, 0.3) is 0 Å². The first-order chi connectivity index (χ1) is 11.7. The highest BCUT2D eigenvalue weighted by molar-refractivity contribution is 6.30. The molecule has 1 fully saturated rings. The summed E-state index contributed by atoms with van der Waals surface area (Å²) in [6.45, 7) is 4.07. The molecule has 1 N–H and O–H groups in total. The second-order valence-corrected chi connectivity index (χ2v) is 6.40. The van der Waals surface area contributed by atoms with Gasteiger partial charge in [-0.25, -0.2) is 0 Å². The molecule has 1 saturated heterocycles. The van der Waals surface area contributed by atoms with Gasteiger partial charge >= 0.3 is 0 Å². The zero-order chi connectivity index (χ0) is 16.9. The number of nitrogens with one attached hydrogen (secondary N) is 1. The topological polar surface area (TPSA) is 63.1 Å². The molecular weight excluding hydrogens is 324 g/mol. The summed E-state index contributed by atoms with van der Waals surface area (Å²) in [4.78, 5) is 19.6. The van der Waals surface area contributed by atoms with Gasteiger partial charge in [-0.15, -0.1) is 0 Å². The van der Waals surface area contributed by atoms with E-state index in [1.165, 1.54) is 5.56 Å². The molecule has 0 atom stereocenters. The van der Waals surface area contributed by atoms with Crippen LogP contribution in [0.2, 0.25) is 5.02 Å². The second-order valence-electron chi connectivity index (χ2n) is 5.96. The number of amides is 1. The lowest BCUT2D eigenvalue weighted by Crippen LogP contribution is -2.35. The van der Waals surface area contributed by atoms with Crippen LogP contribution in [0, 0.1) is 11.3 Å². The molecule has 1 aliphatic heterocycles. The smallest absolute Gasteiger partial charge is 0.270 e. The molecule has 1 aromatic heterocycles. The standard InChI is InChI=1S/C18H19ClN4O/c19-16-4-2-14(3-5-16)13-22-6-1-7-23(9-8-22)18(24)17-10-15(11-20)12-21-17/h2-5,10,12,21H,1,6-9,13H2. The number of benzene rings is 1. The Morgan fingerprint density at radius 2 is 2.00 bits per heavy atom. The Kier molecular flexibility index (Phi) is 5.19. The van der Waals surface area contributed by atoms with E-state index >= 15 is 0 Å². The third-order valence-electron chi connectivity index (χ3n) is 4.24. The van der Waals surface area contributed by atoms with Crippen LogP contribution in [0.1, 0.15) is 28.0 Å². The molecule has 0 radical (unpaired) electrons. The van der Waals surface area contributed by atoms with Crippen molar-refractivity contribution in [2.45, 2.75) is 13.0 Å². The van der Waals surface area contributed by atoms with Gasteiger partial charge < -0.3 is 9.88 Å². The monoisotopic (exact) mass is 342 g/mol. The molecule has 1 aliphatic rings. The predicted molar refractivity (Wildman–Crippen MR) is 92.8 cm³/mol. The van der Waals surface area contributed by atoms with E-state index in [9.17, 15) is 4.79 Å². The lowest BCUT2D eigenvalue weighted by molar-refractivity contribution is 0.0756. The van der Waals surface area contributed by atoms with E-state index < -0.39 is 0 Å². The molecule has 2 aromatic rings. The molecule has 0 bridgehead atoms. The Morgan fingerprint density at radius 3 is 2.71 bits per heavy atom. The van der Waals surface area contributed by atoms with E-state index in [0.29, 0.717) is 17.8 Å². The minimum absolute atomic E-state index is 0.0372. The maximum Gasteiger partial charge on any atom is 0.270 e. The van der Waals surface area contributed by atoms with Crippen LogP contribution in [0.3, 0.4) is 0 Å². The van der Waals surface area contributed by atoms with Crippen LogP contribution < -0.4 is 0 Å². The van der Waals surface area contributed by atoms with E-state index in [-0.39, 0.29) is 5.91 Å². The maximum absolute atomic E-state index is 12.5. The van der Waals surface area contributed by atoms with Gasteiger partial charge in [0.2, 0.25) is 0 Å². The van der Waals surface area contributed by atoms with Crippen molar-refractivity contribution >= 4 is 17.5 Å². The fourth-order valence-electron chi connectivity index (χ4n) is 2.93. The highest BCUT2D eigenvalue weighted by atomic mass is 35.5. The molecule has 1 amide bonds. The number of aromatic amines is 1. The van der Waals surface area contributed by atoms with Gasteiger partial charge in [-0.2, -0.15) is 5.26 Å². The van der Waals surface area contributed by atoms with Gasteiger partial charge in [0.05, 0.1) is 5.56 Å². The molecule has 3 rings (SSSR count). The Bertz CT molecular complexity index is 747. The number of rotatable bonds is 3. The van der Waals surface area contributed by atoms with Crippen molar-refractivity contribution in [2.24, 2.45) is 0 Å². The molecule has 5 nitrogen and oxygen atoms in total. The van der Waals surface area contributed by atoms with Gasteiger partial charge in [-0.3, -0.25) is 9.69 Å². The lowest BCUT2D eigenvalue weighted by atomic mass is 10.2. The van der Waals surface area contributed by atoms with Crippen LogP contribution in [-0.2, 0) is 6.54 Å². The van der Waals surface area contributed by atoms with Crippen LogP contribution in [0.5, 0.6) is 0 Å². The van der Waals surface area contributed by atoms with E-state index in [1.54, 1.807) is 12.3 Å². The van der Waals surface area contributed by atoms with Crippen molar-refractivity contribution in [3.05, 3.63) is 58.4 Å². The minimum Gasteiger partial charge on any atom is -0.356 e. The third-order valence-corrected chi connectivity index (χ3v) is 4.49. The van der Waals surface area contributed by atoms with E-state index in [4.69, 9.17) is 16.9 Å². The summed E-state index contributed by atoms with van der Waals surface area (Å²) in [6.07, 6.45) is 2.50. The number of halogens is 1. The second kappa shape index (κ2) is 7.52. The van der Waals surface area contributed by atoms with E-state index in [2.05, 4.69) is 9.88 Å². The maximum atomic E-state index is 12.5. The number of aromatic nitrogens is 1. The van der Waals surface area contributed by atoms with Crippen molar-refractivity contribution in [1.82, 2.24) is 14.8 Å². The number of carbonyl (C=O) groups is 1. The molecular formula is C18H19ClN4O. The molecule has 0 saturated carbocycles. The normalized spacial score (nSPS) is 15.8. The molecule has 0 unspecified atom stereocenters. The minimum atomic E-state index is -0.0372. The zero-order valence-electron chi connectivity index (χ0n) is 13.3. The molecule has 1 aromatic carbocycles. The highest BCUT2D eigenvalue weighted by Gasteiger charge is 2.21. The number of hydrogen-bond donors (Lipinski definition) is 1. The van der Waals surface area contributed by atoms with E-state index in [0.717, 1.165) is 37.6 Å². The molecule has 0 spiro atoms. The summed E-state index contributed by atoms with van der Waals surface area (Å²) in [7, 11) is 0.